The molecule has 6 heteroatoms. The normalized spacial score (nSPS) is 11.8. The molecular formula is C17H14N4O2. The first kappa shape index (κ1) is 14.7. The largest absolute Gasteiger partial charge is 0.486 e. The summed E-state index contributed by atoms with van der Waals surface area (Å²) in [5.74, 6) is -0.361. The molecule has 0 bridgehead atoms. The van der Waals surface area contributed by atoms with E-state index in [0.717, 1.165) is 5.52 Å². The number of Topliss-reactive ketones (excluding diaryl/α,β-unsaturated/α-hetero) is 1. The van der Waals surface area contributed by atoms with E-state index in [4.69, 9.17) is 4.74 Å². The summed E-state index contributed by atoms with van der Waals surface area (Å²) in [5.41, 5.74) is 1.29. The SMILES string of the molecule is Cn1c(C(C#N)C(=O)COc2ccccc2)nc2ncccc21. The lowest BCUT2D eigenvalue weighted by molar-refractivity contribution is -0.121. The van der Waals surface area contributed by atoms with Crippen molar-refractivity contribution in [2.75, 3.05) is 6.61 Å². The van der Waals surface area contributed by atoms with Crippen LogP contribution in [0.5, 0.6) is 5.75 Å². The third-order valence-electron chi connectivity index (χ3n) is 3.53. The number of imidazole rings is 1. The van der Waals surface area contributed by atoms with Gasteiger partial charge in [0.25, 0.3) is 0 Å². The molecule has 3 aromatic rings. The third-order valence-corrected chi connectivity index (χ3v) is 3.53. The van der Waals surface area contributed by atoms with Gasteiger partial charge in [-0.1, -0.05) is 18.2 Å². The van der Waals surface area contributed by atoms with E-state index >= 15 is 0 Å². The van der Waals surface area contributed by atoms with Gasteiger partial charge in [0.05, 0.1) is 11.6 Å². The van der Waals surface area contributed by atoms with Gasteiger partial charge in [0.2, 0.25) is 0 Å². The van der Waals surface area contributed by atoms with Crippen molar-refractivity contribution in [2.24, 2.45) is 7.05 Å². The fourth-order valence-corrected chi connectivity index (χ4v) is 2.33. The van der Waals surface area contributed by atoms with E-state index in [1.54, 1.807) is 36.0 Å². The Kier molecular flexibility index (Phi) is 4.02. The topological polar surface area (TPSA) is 80.8 Å². The molecule has 0 saturated heterocycles. The molecule has 0 amide bonds. The van der Waals surface area contributed by atoms with Crippen molar-refractivity contribution in [3.8, 4) is 11.8 Å². The summed E-state index contributed by atoms with van der Waals surface area (Å²) in [7, 11) is 1.77. The zero-order chi connectivity index (χ0) is 16.2. The summed E-state index contributed by atoms with van der Waals surface area (Å²) >= 11 is 0. The van der Waals surface area contributed by atoms with E-state index in [1.165, 1.54) is 0 Å². The van der Waals surface area contributed by atoms with Crippen molar-refractivity contribution in [1.29, 1.82) is 5.26 Å². The summed E-state index contributed by atoms with van der Waals surface area (Å²) in [4.78, 5) is 20.8. The van der Waals surface area contributed by atoms with Crippen molar-refractivity contribution in [1.82, 2.24) is 14.5 Å². The summed E-state index contributed by atoms with van der Waals surface area (Å²) in [6.07, 6.45) is 1.63. The molecule has 6 nitrogen and oxygen atoms in total. The van der Waals surface area contributed by atoms with Gasteiger partial charge in [-0.05, 0) is 24.3 Å². The highest BCUT2D eigenvalue weighted by Crippen LogP contribution is 2.20. The number of hydrogen-bond donors (Lipinski definition) is 0. The van der Waals surface area contributed by atoms with E-state index in [-0.39, 0.29) is 12.4 Å². The molecular weight excluding hydrogens is 292 g/mol. The lowest BCUT2D eigenvalue weighted by Gasteiger charge is -2.09. The number of carbonyl (C=O) groups excluding carboxylic acids is 1. The molecule has 0 spiro atoms. The Balaban J connectivity index is 1.82. The van der Waals surface area contributed by atoms with E-state index in [9.17, 15) is 10.1 Å². The first-order valence-electron chi connectivity index (χ1n) is 7.08. The van der Waals surface area contributed by atoms with Crippen molar-refractivity contribution < 1.29 is 9.53 Å². The van der Waals surface area contributed by atoms with E-state index < -0.39 is 5.92 Å². The minimum atomic E-state index is -0.988. The zero-order valence-corrected chi connectivity index (χ0v) is 12.5. The van der Waals surface area contributed by atoms with E-state index in [1.807, 2.05) is 30.3 Å². The molecule has 0 N–H and O–H groups in total. The van der Waals surface area contributed by atoms with Crippen LogP contribution in [0.1, 0.15) is 11.7 Å². The number of rotatable bonds is 5. The van der Waals surface area contributed by atoms with Crippen LogP contribution in [0, 0.1) is 11.3 Å². The highest BCUT2D eigenvalue weighted by molar-refractivity contribution is 5.89. The van der Waals surface area contributed by atoms with Crippen LogP contribution in [0.2, 0.25) is 0 Å². The minimum Gasteiger partial charge on any atom is -0.486 e. The van der Waals surface area contributed by atoms with Crippen molar-refractivity contribution in [3.05, 3.63) is 54.5 Å². The number of fused-ring (bicyclic) bond motifs is 1. The second kappa shape index (κ2) is 6.28. The van der Waals surface area contributed by atoms with Crippen molar-refractivity contribution in [3.63, 3.8) is 0 Å². The number of nitrogens with zero attached hydrogens (tertiary/aromatic N) is 4. The van der Waals surface area contributed by atoms with Crippen molar-refractivity contribution in [2.45, 2.75) is 5.92 Å². The second-order valence-corrected chi connectivity index (χ2v) is 5.01. The average Bonchev–Trinajstić information content (AvgIpc) is 2.92. The summed E-state index contributed by atoms with van der Waals surface area (Å²) in [6.45, 7) is -0.182. The zero-order valence-electron chi connectivity index (χ0n) is 12.5. The van der Waals surface area contributed by atoms with E-state index in [0.29, 0.717) is 17.2 Å². The van der Waals surface area contributed by atoms with Gasteiger partial charge < -0.3 is 9.30 Å². The Bertz CT molecular complexity index is 880. The molecule has 0 saturated carbocycles. The van der Waals surface area contributed by atoms with Crippen LogP contribution in [0.25, 0.3) is 11.2 Å². The number of nitriles is 1. The Morgan fingerprint density at radius 1 is 1.30 bits per heavy atom. The molecule has 0 aliphatic heterocycles. The van der Waals surface area contributed by atoms with Crippen LogP contribution in [-0.4, -0.2) is 26.9 Å². The van der Waals surface area contributed by atoms with Gasteiger partial charge in [-0.3, -0.25) is 4.79 Å². The molecule has 2 heterocycles. The number of hydrogen-bond acceptors (Lipinski definition) is 5. The molecule has 114 valence electrons. The molecule has 0 aliphatic rings. The average molecular weight is 306 g/mol. The standard InChI is InChI=1S/C17H14N4O2/c1-21-14-8-5-9-19-16(14)20-17(21)13(10-18)15(22)11-23-12-6-3-2-4-7-12/h2-9,13H,11H2,1H3. The molecule has 2 aromatic heterocycles. The number of pyridine rings is 1. The lowest BCUT2D eigenvalue weighted by atomic mass is 10.1. The van der Waals surface area contributed by atoms with Gasteiger partial charge in [0.1, 0.15) is 18.2 Å². The van der Waals surface area contributed by atoms with Crippen LogP contribution in [-0.2, 0) is 11.8 Å². The molecule has 0 radical (unpaired) electrons. The maximum Gasteiger partial charge on any atom is 0.194 e. The van der Waals surface area contributed by atoms with Crippen LogP contribution >= 0.6 is 0 Å². The van der Waals surface area contributed by atoms with Crippen LogP contribution in [0.3, 0.4) is 0 Å². The smallest absolute Gasteiger partial charge is 0.194 e. The molecule has 3 rings (SSSR count). The second-order valence-electron chi connectivity index (χ2n) is 5.01. The maximum atomic E-state index is 12.4. The molecule has 0 fully saturated rings. The molecule has 1 atom stereocenters. The highest BCUT2D eigenvalue weighted by atomic mass is 16.5. The first-order chi connectivity index (χ1) is 11.2. The number of benzene rings is 1. The molecule has 1 aromatic carbocycles. The predicted octanol–water partition coefficient (Wildman–Crippen LogP) is 2.22. The van der Waals surface area contributed by atoms with Gasteiger partial charge in [0, 0.05) is 13.2 Å². The lowest BCUT2D eigenvalue weighted by Crippen LogP contribution is -2.21. The number of carbonyl (C=O) groups is 1. The first-order valence-corrected chi connectivity index (χ1v) is 7.08. The van der Waals surface area contributed by atoms with Gasteiger partial charge in [-0.25, -0.2) is 9.97 Å². The van der Waals surface area contributed by atoms with Gasteiger partial charge in [0.15, 0.2) is 17.3 Å². The Labute approximate surface area is 133 Å². The summed E-state index contributed by atoms with van der Waals surface area (Å²) in [5, 5.41) is 9.40. The monoisotopic (exact) mass is 306 g/mol. The molecule has 1 unspecified atom stereocenters. The minimum absolute atomic E-state index is 0.182. The van der Waals surface area contributed by atoms with Gasteiger partial charge in [-0.2, -0.15) is 5.26 Å². The number of ether oxygens (including phenoxy) is 1. The predicted molar refractivity (Wildman–Crippen MR) is 83.8 cm³/mol. The number of aromatic nitrogens is 3. The fraction of sp³-hybridized carbons (Fsp3) is 0.176. The van der Waals surface area contributed by atoms with Crippen LogP contribution in [0.4, 0.5) is 0 Å². The number of ketones is 1. The van der Waals surface area contributed by atoms with Crippen LogP contribution < -0.4 is 4.74 Å². The number of para-hydroxylation sites is 1. The summed E-state index contributed by atoms with van der Waals surface area (Å²) < 4.78 is 7.15. The maximum absolute atomic E-state index is 12.4. The molecule has 0 aliphatic carbocycles. The third kappa shape index (κ3) is 2.90. The Morgan fingerprint density at radius 3 is 2.78 bits per heavy atom. The molecule has 23 heavy (non-hydrogen) atoms. The van der Waals surface area contributed by atoms with Gasteiger partial charge in [-0.15, -0.1) is 0 Å². The van der Waals surface area contributed by atoms with Gasteiger partial charge >= 0.3 is 0 Å². The number of aryl methyl sites for hydroxylation is 1. The van der Waals surface area contributed by atoms with Crippen molar-refractivity contribution >= 4 is 16.9 Å². The highest BCUT2D eigenvalue weighted by Gasteiger charge is 2.26. The Morgan fingerprint density at radius 2 is 2.09 bits per heavy atom. The fourth-order valence-electron chi connectivity index (χ4n) is 2.33. The summed E-state index contributed by atoms with van der Waals surface area (Å²) in [6, 6.07) is 14.7. The van der Waals surface area contributed by atoms with E-state index in [2.05, 4.69) is 9.97 Å². The quantitative estimate of drug-likeness (QED) is 0.722. The van der Waals surface area contributed by atoms with Crippen LogP contribution in [0.15, 0.2) is 48.7 Å². The Hall–Kier alpha value is -3.20.